The minimum absolute atomic E-state index is 0.102. The van der Waals surface area contributed by atoms with Crippen molar-refractivity contribution in [3.05, 3.63) is 35.1 Å². The van der Waals surface area contributed by atoms with Crippen molar-refractivity contribution in [1.82, 2.24) is 10.2 Å². The van der Waals surface area contributed by atoms with Gasteiger partial charge in [-0.1, -0.05) is 12.1 Å². The molecular weight excluding hydrogens is 227 g/mol. The highest BCUT2D eigenvalue weighted by molar-refractivity contribution is 5.25. The molecule has 0 bridgehead atoms. The predicted molar refractivity (Wildman–Crippen MR) is 73.2 cm³/mol. The Morgan fingerprint density at radius 1 is 1.44 bits per heavy atom. The zero-order valence-corrected chi connectivity index (χ0v) is 11.5. The van der Waals surface area contributed by atoms with Gasteiger partial charge in [-0.2, -0.15) is 0 Å². The summed E-state index contributed by atoms with van der Waals surface area (Å²) in [5.74, 6) is -0.102. The number of hydrogen-bond donors (Lipinski definition) is 1. The molecule has 2 nitrogen and oxygen atoms in total. The Kier molecular flexibility index (Phi) is 4.36. The van der Waals surface area contributed by atoms with Crippen molar-refractivity contribution in [1.29, 1.82) is 0 Å². The van der Waals surface area contributed by atoms with Crippen LogP contribution in [0.5, 0.6) is 0 Å². The van der Waals surface area contributed by atoms with Crippen molar-refractivity contribution >= 4 is 0 Å². The fourth-order valence-electron chi connectivity index (χ4n) is 2.60. The summed E-state index contributed by atoms with van der Waals surface area (Å²) in [6.07, 6.45) is 2.45. The van der Waals surface area contributed by atoms with Gasteiger partial charge in [-0.05, 0) is 57.5 Å². The van der Waals surface area contributed by atoms with Crippen molar-refractivity contribution in [3.63, 3.8) is 0 Å². The van der Waals surface area contributed by atoms with E-state index in [4.69, 9.17) is 0 Å². The lowest BCUT2D eigenvalue weighted by Gasteiger charge is -2.36. The summed E-state index contributed by atoms with van der Waals surface area (Å²) < 4.78 is 13.6. The van der Waals surface area contributed by atoms with Crippen molar-refractivity contribution in [2.45, 2.75) is 38.8 Å². The molecule has 3 heteroatoms. The van der Waals surface area contributed by atoms with Gasteiger partial charge in [0.15, 0.2) is 0 Å². The van der Waals surface area contributed by atoms with Crippen LogP contribution in [0.15, 0.2) is 18.2 Å². The third kappa shape index (κ3) is 2.90. The van der Waals surface area contributed by atoms with Gasteiger partial charge < -0.3 is 5.32 Å². The Hall–Kier alpha value is -0.930. The number of piperidine rings is 1. The summed E-state index contributed by atoms with van der Waals surface area (Å²) in [7, 11) is 2.14. The lowest BCUT2D eigenvalue weighted by Crippen LogP contribution is -2.45. The van der Waals surface area contributed by atoms with Gasteiger partial charge in [0, 0.05) is 18.6 Å². The van der Waals surface area contributed by atoms with Gasteiger partial charge in [0.1, 0.15) is 5.82 Å². The number of likely N-dealkylation sites (N-methyl/N-ethyl adjacent to an activating group) is 1. The van der Waals surface area contributed by atoms with Crippen molar-refractivity contribution in [3.8, 4) is 0 Å². The number of rotatable bonds is 3. The van der Waals surface area contributed by atoms with Gasteiger partial charge in [-0.3, -0.25) is 4.90 Å². The molecule has 0 saturated carbocycles. The maximum absolute atomic E-state index is 13.6. The molecule has 1 fully saturated rings. The minimum atomic E-state index is -0.102. The molecular formula is C15H23FN2. The maximum Gasteiger partial charge on any atom is 0.126 e. The molecule has 2 unspecified atom stereocenters. The number of nitrogens with one attached hydrogen (secondary N) is 1. The van der Waals surface area contributed by atoms with Crippen LogP contribution in [0.3, 0.4) is 0 Å². The zero-order valence-electron chi connectivity index (χ0n) is 11.5. The van der Waals surface area contributed by atoms with Crippen LogP contribution in [-0.4, -0.2) is 31.1 Å². The highest BCUT2D eigenvalue weighted by atomic mass is 19.1. The number of hydrogen-bond acceptors (Lipinski definition) is 2. The molecule has 1 N–H and O–H groups in total. The van der Waals surface area contributed by atoms with E-state index in [2.05, 4.69) is 24.2 Å². The summed E-state index contributed by atoms with van der Waals surface area (Å²) in [6.45, 7) is 6.12. The Morgan fingerprint density at radius 2 is 2.22 bits per heavy atom. The Balaban J connectivity index is 2.09. The van der Waals surface area contributed by atoms with Crippen molar-refractivity contribution < 1.29 is 4.39 Å². The molecule has 1 heterocycles. The fraction of sp³-hybridized carbons (Fsp3) is 0.600. The van der Waals surface area contributed by atoms with Crippen LogP contribution in [0, 0.1) is 12.7 Å². The Morgan fingerprint density at radius 3 is 2.83 bits per heavy atom. The average Bonchev–Trinajstić information content (AvgIpc) is 2.41. The molecule has 0 aromatic heterocycles. The van der Waals surface area contributed by atoms with Crippen LogP contribution in [0.25, 0.3) is 0 Å². The predicted octanol–water partition coefficient (Wildman–Crippen LogP) is 2.88. The molecule has 0 radical (unpaired) electrons. The number of nitrogens with zero attached hydrogens (tertiary/aromatic N) is 1. The quantitative estimate of drug-likeness (QED) is 0.887. The van der Waals surface area contributed by atoms with Gasteiger partial charge in [0.2, 0.25) is 0 Å². The van der Waals surface area contributed by atoms with Crippen LogP contribution >= 0.6 is 0 Å². The molecule has 1 aromatic carbocycles. The van der Waals surface area contributed by atoms with Gasteiger partial charge in [0.05, 0.1) is 0 Å². The summed E-state index contributed by atoms with van der Waals surface area (Å²) in [4.78, 5) is 2.36. The molecule has 100 valence electrons. The van der Waals surface area contributed by atoms with Crippen LogP contribution in [0.2, 0.25) is 0 Å². The van der Waals surface area contributed by atoms with E-state index in [1.165, 1.54) is 12.8 Å². The third-order valence-corrected chi connectivity index (χ3v) is 4.14. The SMILES string of the molecule is Cc1ccc(C(C)N(C)C2CCCNC2)cc1F. The van der Waals surface area contributed by atoms with E-state index in [1.807, 2.05) is 12.1 Å². The van der Waals surface area contributed by atoms with E-state index >= 15 is 0 Å². The molecule has 0 aliphatic carbocycles. The normalized spacial score (nSPS) is 22.2. The van der Waals surface area contributed by atoms with Crippen LogP contribution in [0.1, 0.15) is 36.9 Å². The topological polar surface area (TPSA) is 15.3 Å². The van der Waals surface area contributed by atoms with Gasteiger partial charge in [-0.25, -0.2) is 4.39 Å². The fourth-order valence-corrected chi connectivity index (χ4v) is 2.60. The zero-order chi connectivity index (χ0) is 13.1. The standard InChI is InChI=1S/C15H23FN2/c1-11-6-7-13(9-15(11)16)12(2)18(3)14-5-4-8-17-10-14/h6-7,9,12,14,17H,4-5,8,10H2,1-3H3. The minimum Gasteiger partial charge on any atom is -0.315 e. The van der Waals surface area contributed by atoms with Gasteiger partial charge in [-0.15, -0.1) is 0 Å². The lowest BCUT2D eigenvalue weighted by molar-refractivity contribution is 0.156. The van der Waals surface area contributed by atoms with E-state index in [1.54, 1.807) is 13.0 Å². The van der Waals surface area contributed by atoms with Crippen LogP contribution in [0.4, 0.5) is 4.39 Å². The molecule has 1 aromatic rings. The highest BCUT2D eigenvalue weighted by Crippen LogP contribution is 2.24. The number of halogens is 1. The second kappa shape index (κ2) is 5.81. The van der Waals surface area contributed by atoms with E-state index in [-0.39, 0.29) is 11.9 Å². The third-order valence-electron chi connectivity index (χ3n) is 4.14. The molecule has 0 amide bonds. The second-order valence-electron chi connectivity index (χ2n) is 5.35. The molecule has 2 atom stereocenters. The number of aryl methyl sites for hydroxylation is 1. The first-order valence-corrected chi connectivity index (χ1v) is 6.78. The molecule has 2 rings (SSSR count). The van der Waals surface area contributed by atoms with Gasteiger partial charge in [0.25, 0.3) is 0 Å². The van der Waals surface area contributed by atoms with Crippen LogP contribution < -0.4 is 5.32 Å². The summed E-state index contributed by atoms with van der Waals surface area (Å²) in [5, 5.41) is 3.43. The Labute approximate surface area is 109 Å². The van der Waals surface area contributed by atoms with E-state index in [0.717, 1.165) is 18.7 Å². The van der Waals surface area contributed by atoms with E-state index in [9.17, 15) is 4.39 Å². The molecule has 1 saturated heterocycles. The smallest absolute Gasteiger partial charge is 0.126 e. The monoisotopic (exact) mass is 250 g/mol. The summed E-state index contributed by atoms with van der Waals surface area (Å²) >= 11 is 0. The average molecular weight is 250 g/mol. The summed E-state index contributed by atoms with van der Waals surface area (Å²) in [6, 6.07) is 6.39. The first kappa shape index (κ1) is 13.5. The molecule has 1 aliphatic heterocycles. The second-order valence-corrected chi connectivity index (χ2v) is 5.35. The largest absolute Gasteiger partial charge is 0.315 e. The molecule has 18 heavy (non-hydrogen) atoms. The first-order valence-electron chi connectivity index (χ1n) is 6.78. The first-order chi connectivity index (χ1) is 8.59. The van der Waals surface area contributed by atoms with Crippen molar-refractivity contribution in [2.24, 2.45) is 0 Å². The number of benzene rings is 1. The van der Waals surface area contributed by atoms with E-state index in [0.29, 0.717) is 11.6 Å². The molecule has 1 aliphatic rings. The van der Waals surface area contributed by atoms with Gasteiger partial charge >= 0.3 is 0 Å². The maximum atomic E-state index is 13.6. The van der Waals surface area contributed by atoms with Crippen molar-refractivity contribution in [2.75, 3.05) is 20.1 Å². The Bertz CT molecular complexity index is 399. The van der Waals surface area contributed by atoms with Crippen LogP contribution in [-0.2, 0) is 0 Å². The molecule has 0 spiro atoms. The highest BCUT2D eigenvalue weighted by Gasteiger charge is 2.22. The summed E-state index contributed by atoms with van der Waals surface area (Å²) in [5.41, 5.74) is 1.78. The van der Waals surface area contributed by atoms with E-state index < -0.39 is 0 Å². The lowest BCUT2D eigenvalue weighted by atomic mass is 10.0.